The van der Waals surface area contributed by atoms with Crippen LogP contribution in [0.4, 0.5) is 0 Å². The van der Waals surface area contributed by atoms with Crippen LogP contribution in [-0.2, 0) is 5.41 Å². The molecule has 14 aromatic rings. The van der Waals surface area contributed by atoms with Crippen molar-refractivity contribution in [2.24, 2.45) is 0 Å². The van der Waals surface area contributed by atoms with Crippen LogP contribution in [0.2, 0.25) is 0 Å². The van der Waals surface area contributed by atoms with Crippen LogP contribution in [0.15, 0.2) is 212 Å². The van der Waals surface area contributed by atoms with E-state index < -0.39 is 0 Å². The van der Waals surface area contributed by atoms with Gasteiger partial charge in [0.2, 0.25) is 0 Å². The van der Waals surface area contributed by atoms with Crippen molar-refractivity contribution in [1.29, 1.82) is 0 Å². The first-order valence-electron chi connectivity index (χ1n) is 23.7. The zero-order chi connectivity index (χ0) is 45.3. The summed E-state index contributed by atoms with van der Waals surface area (Å²) >= 11 is 3.92. The topological polar surface area (TPSA) is 0 Å². The highest BCUT2D eigenvalue weighted by Gasteiger charge is 2.32. The van der Waals surface area contributed by atoms with Crippen LogP contribution in [0.5, 0.6) is 0 Å². The van der Waals surface area contributed by atoms with Crippen molar-refractivity contribution in [3.63, 3.8) is 0 Å². The fourth-order valence-corrected chi connectivity index (χ4v) is 14.4. The third-order valence-corrected chi connectivity index (χ3v) is 16.9. The highest BCUT2D eigenvalue weighted by Crippen LogP contribution is 2.58. The second kappa shape index (κ2) is 14.9. The molecule has 0 saturated carbocycles. The molecule has 0 radical (unpaired) electrons. The molecule has 320 valence electrons. The van der Waals surface area contributed by atoms with Crippen LogP contribution in [0.3, 0.4) is 0 Å². The molecule has 0 atom stereocenters. The Balaban J connectivity index is 1.26. The van der Waals surface area contributed by atoms with Gasteiger partial charge in [-0.05, 0) is 111 Å². The minimum atomic E-state index is -0.268. The molecular weight excluding hydrogens is 857 g/mol. The maximum atomic E-state index is 2.64. The summed E-state index contributed by atoms with van der Waals surface area (Å²) in [4.78, 5) is 0. The average molecular weight is 901 g/mol. The molecule has 12 aromatic carbocycles. The fraction of sp³-hybridized carbons (Fsp3) is 0.0606. The zero-order valence-electron chi connectivity index (χ0n) is 38.0. The molecule has 14 rings (SSSR count). The summed E-state index contributed by atoms with van der Waals surface area (Å²) in [6.07, 6.45) is 0. The molecule has 0 aliphatic carbocycles. The van der Waals surface area contributed by atoms with Crippen LogP contribution in [0.1, 0.15) is 26.3 Å². The van der Waals surface area contributed by atoms with E-state index in [9.17, 15) is 0 Å². The van der Waals surface area contributed by atoms with Crippen LogP contribution >= 0.6 is 22.7 Å². The molecule has 0 nitrogen and oxygen atoms in total. The minimum Gasteiger partial charge on any atom is -0.135 e. The standard InChI is InChI=1S/C66H44S2/c1-66(2,3)63-51-38-52(57-45-30-14-10-26-41(45)55(39-22-6-4-7-23-39)42-27-11-15-31-46(42)57)64-60(49-34-18-20-36-53(49)67-64)59(51)61-50-35-19-21-37-54(50)68-65(61)62(63)58-47-32-16-12-28-43(47)56(40-24-8-5-9-25-40)44-29-13-17-33-48(44)58/h4-38H,1-3H3. The molecule has 0 fully saturated rings. The van der Waals surface area contributed by atoms with Gasteiger partial charge in [0.15, 0.2) is 0 Å². The van der Waals surface area contributed by atoms with Gasteiger partial charge in [0.05, 0.1) is 0 Å². The van der Waals surface area contributed by atoms with Gasteiger partial charge >= 0.3 is 0 Å². The van der Waals surface area contributed by atoms with Crippen molar-refractivity contribution in [3.05, 3.63) is 218 Å². The molecule has 0 amide bonds. The number of rotatable bonds is 4. The summed E-state index contributed by atoms with van der Waals surface area (Å²) in [6, 6.07) is 79.6. The van der Waals surface area contributed by atoms with Crippen molar-refractivity contribution in [1.82, 2.24) is 0 Å². The lowest BCUT2D eigenvalue weighted by Crippen LogP contribution is -2.14. The molecule has 2 heterocycles. The van der Waals surface area contributed by atoms with E-state index in [0.717, 1.165) is 0 Å². The second-order valence-corrected chi connectivity index (χ2v) is 21.5. The second-order valence-electron chi connectivity index (χ2n) is 19.4. The Bertz CT molecular complexity index is 4260. The smallest absolute Gasteiger partial charge is 0.0443 e. The number of hydrogen-bond donors (Lipinski definition) is 0. The van der Waals surface area contributed by atoms with Crippen LogP contribution in [-0.4, -0.2) is 0 Å². The lowest BCUT2D eigenvalue weighted by molar-refractivity contribution is 0.598. The van der Waals surface area contributed by atoms with Crippen molar-refractivity contribution < 1.29 is 0 Å². The first kappa shape index (κ1) is 39.5. The van der Waals surface area contributed by atoms with Crippen molar-refractivity contribution in [2.75, 3.05) is 0 Å². The van der Waals surface area contributed by atoms with Gasteiger partial charge in [-0.3, -0.25) is 0 Å². The molecule has 0 spiro atoms. The van der Waals surface area contributed by atoms with E-state index in [-0.39, 0.29) is 5.41 Å². The van der Waals surface area contributed by atoms with E-state index in [1.807, 2.05) is 22.7 Å². The largest absolute Gasteiger partial charge is 0.135 e. The zero-order valence-corrected chi connectivity index (χ0v) is 39.7. The van der Waals surface area contributed by atoms with Crippen molar-refractivity contribution in [3.8, 4) is 44.5 Å². The van der Waals surface area contributed by atoms with Crippen LogP contribution in [0, 0.1) is 0 Å². The summed E-state index contributed by atoms with van der Waals surface area (Å²) in [7, 11) is 0. The predicted octanol–water partition coefficient (Wildman–Crippen LogP) is 20.2. The van der Waals surface area contributed by atoms with Crippen molar-refractivity contribution in [2.45, 2.75) is 26.2 Å². The lowest BCUT2D eigenvalue weighted by Gasteiger charge is -2.29. The quantitative estimate of drug-likeness (QED) is 0.154. The Hall–Kier alpha value is -7.62. The third-order valence-electron chi connectivity index (χ3n) is 14.5. The molecule has 0 saturated heterocycles. The van der Waals surface area contributed by atoms with Gasteiger partial charge in [0.1, 0.15) is 0 Å². The van der Waals surface area contributed by atoms with E-state index in [2.05, 4.69) is 233 Å². The summed E-state index contributed by atoms with van der Waals surface area (Å²) in [5.74, 6) is 0. The summed E-state index contributed by atoms with van der Waals surface area (Å²) < 4.78 is 5.33. The Morgan fingerprint density at radius 1 is 0.279 bits per heavy atom. The minimum absolute atomic E-state index is 0.268. The first-order valence-corrected chi connectivity index (χ1v) is 25.3. The number of benzene rings is 12. The SMILES string of the molecule is CC(C)(C)c1c(-c2c3ccccc3c(-c3ccccc3)c3ccccc23)c2sc3ccccc3c2c2c1cc(-c1c3ccccc3c(-c3ccccc3)c3ccccc13)c1sc3ccccc3c12. The Kier molecular flexibility index (Phi) is 8.69. The molecule has 0 N–H and O–H groups in total. The van der Waals surface area contributed by atoms with Crippen LogP contribution < -0.4 is 0 Å². The molecule has 0 aliphatic heterocycles. The van der Waals surface area contributed by atoms with E-state index in [4.69, 9.17) is 0 Å². The Labute approximate surface area is 403 Å². The average Bonchev–Trinajstić information content (AvgIpc) is 3.97. The molecule has 2 aromatic heterocycles. The van der Waals surface area contributed by atoms with Gasteiger partial charge in [0.25, 0.3) is 0 Å². The normalized spacial score (nSPS) is 12.3. The molecule has 0 aliphatic rings. The van der Waals surface area contributed by atoms with Crippen LogP contribution in [0.25, 0.3) is 139 Å². The van der Waals surface area contributed by atoms with Gasteiger partial charge in [-0.25, -0.2) is 0 Å². The van der Waals surface area contributed by atoms with E-state index in [0.29, 0.717) is 0 Å². The van der Waals surface area contributed by atoms with Gasteiger partial charge < -0.3 is 0 Å². The van der Waals surface area contributed by atoms with Gasteiger partial charge in [-0.15, -0.1) is 22.7 Å². The summed E-state index contributed by atoms with van der Waals surface area (Å²) in [5.41, 5.74) is 11.4. The van der Waals surface area contributed by atoms with Gasteiger partial charge in [-0.1, -0.05) is 215 Å². The third kappa shape index (κ3) is 5.65. The van der Waals surface area contributed by atoms with Gasteiger partial charge in [-0.2, -0.15) is 0 Å². The highest BCUT2D eigenvalue weighted by molar-refractivity contribution is 7.27. The molecular formula is C66H44S2. The van der Waals surface area contributed by atoms with E-state index >= 15 is 0 Å². The number of hydrogen-bond acceptors (Lipinski definition) is 2. The number of fused-ring (bicyclic) bond motifs is 13. The highest BCUT2D eigenvalue weighted by atomic mass is 32.1. The fourth-order valence-electron chi connectivity index (χ4n) is 11.9. The van der Waals surface area contributed by atoms with E-state index in [1.54, 1.807) is 0 Å². The summed E-state index contributed by atoms with van der Waals surface area (Å²) in [5, 5.41) is 18.3. The first-order chi connectivity index (χ1) is 33.4. The molecule has 0 bridgehead atoms. The monoisotopic (exact) mass is 900 g/mol. The lowest BCUT2D eigenvalue weighted by atomic mass is 9.74. The Morgan fingerprint density at radius 3 is 1.04 bits per heavy atom. The molecule has 2 heteroatoms. The van der Waals surface area contributed by atoms with Gasteiger partial charge in [0, 0.05) is 56.9 Å². The molecule has 68 heavy (non-hydrogen) atoms. The predicted molar refractivity (Wildman–Crippen MR) is 300 cm³/mol. The van der Waals surface area contributed by atoms with E-state index in [1.165, 1.54) is 144 Å². The van der Waals surface area contributed by atoms with Crippen molar-refractivity contribution >= 4 is 117 Å². The Morgan fingerprint density at radius 2 is 0.618 bits per heavy atom. The maximum absolute atomic E-state index is 2.64. The molecule has 0 unspecified atom stereocenters. The number of thiophene rings is 2. The maximum Gasteiger partial charge on any atom is 0.0443 e. The summed E-state index contributed by atoms with van der Waals surface area (Å²) in [6.45, 7) is 7.34.